The fraction of sp³-hybridized carbons (Fsp3) is 0.286. The highest BCUT2D eigenvalue weighted by molar-refractivity contribution is 5.69. The normalized spacial score (nSPS) is 17.5. The zero-order chi connectivity index (χ0) is 16.0. The number of carbonyl (C=O) groups is 1. The van der Waals surface area contributed by atoms with Crippen molar-refractivity contribution in [3.63, 3.8) is 0 Å². The Bertz CT molecular complexity index is 737. The van der Waals surface area contributed by atoms with E-state index >= 15 is 0 Å². The van der Waals surface area contributed by atoms with Crippen LogP contribution in [0.4, 0.5) is 18.0 Å². The molecule has 0 radical (unpaired) electrons. The third-order valence-electron chi connectivity index (χ3n) is 3.89. The fourth-order valence-electron chi connectivity index (χ4n) is 2.75. The molecule has 3 rings (SSSR count). The van der Waals surface area contributed by atoms with Gasteiger partial charge in [0, 0.05) is 17.7 Å². The summed E-state index contributed by atoms with van der Waals surface area (Å²) in [6, 6.07) is 1.31. The topological polar surface area (TPSA) is 69.2 Å². The number of aromatic amines is 1. The number of hydrogen-bond donors (Lipinski definition) is 2. The van der Waals surface area contributed by atoms with Gasteiger partial charge in [-0.15, -0.1) is 0 Å². The van der Waals surface area contributed by atoms with Gasteiger partial charge in [0.25, 0.3) is 0 Å². The SMILES string of the molecule is CC1c2[nH]nc(-c3cc(F)c(F)c(F)c3)c2CCN1C(=O)O. The van der Waals surface area contributed by atoms with Gasteiger partial charge in [-0.1, -0.05) is 0 Å². The molecule has 1 aromatic heterocycles. The Balaban J connectivity index is 2.06. The zero-order valence-corrected chi connectivity index (χ0v) is 11.5. The van der Waals surface area contributed by atoms with E-state index in [1.54, 1.807) is 6.92 Å². The number of nitrogens with zero attached hydrogens (tertiary/aromatic N) is 2. The van der Waals surface area contributed by atoms with Gasteiger partial charge in [0.05, 0.1) is 17.4 Å². The molecular weight excluding hydrogens is 299 g/mol. The van der Waals surface area contributed by atoms with Crippen LogP contribution in [0.3, 0.4) is 0 Å². The highest BCUT2D eigenvalue weighted by Gasteiger charge is 2.31. The highest BCUT2D eigenvalue weighted by atomic mass is 19.2. The molecule has 2 heterocycles. The Morgan fingerprint density at radius 2 is 2.00 bits per heavy atom. The molecule has 1 aliphatic rings. The standard InChI is InChI=1S/C14H12F3N3O2/c1-6-12-8(2-3-20(6)14(21)22)13(19-18-12)7-4-9(15)11(17)10(16)5-7/h4-6H,2-3H2,1H3,(H,18,19)(H,21,22). The van der Waals surface area contributed by atoms with Crippen LogP contribution in [0.1, 0.15) is 24.2 Å². The minimum Gasteiger partial charge on any atom is -0.465 e. The maximum Gasteiger partial charge on any atom is 0.407 e. The van der Waals surface area contributed by atoms with Crippen molar-refractivity contribution in [2.24, 2.45) is 0 Å². The number of H-pyrrole nitrogens is 1. The summed E-state index contributed by atoms with van der Waals surface area (Å²) in [5.41, 5.74) is 1.69. The summed E-state index contributed by atoms with van der Waals surface area (Å²) >= 11 is 0. The highest BCUT2D eigenvalue weighted by Crippen LogP contribution is 2.34. The van der Waals surface area contributed by atoms with Gasteiger partial charge < -0.3 is 5.11 Å². The molecule has 1 aromatic carbocycles. The average Bonchev–Trinajstić information content (AvgIpc) is 2.89. The molecule has 0 aliphatic carbocycles. The summed E-state index contributed by atoms with van der Waals surface area (Å²) in [5.74, 6) is -4.11. The number of rotatable bonds is 1. The van der Waals surface area contributed by atoms with Gasteiger partial charge in [0.2, 0.25) is 0 Å². The first-order valence-electron chi connectivity index (χ1n) is 6.61. The van der Waals surface area contributed by atoms with E-state index in [4.69, 9.17) is 5.11 Å². The van der Waals surface area contributed by atoms with Crippen LogP contribution in [0.15, 0.2) is 12.1 Å². The van der Waals surface area contributed by atoms with Gasteiger partial charge in [0.1, 0.15) is 0 Å². The van der Waals surface area contributed by atoms with Crippen LogP contribution in [0.5, 0.6) is 0 Å². The van der Waals surface area contributed by atoms with Gasteiger partial charge in [0.15, 0.2) is 17.5 Å². The van der Waals surface area contributed by atoms with Crippen LogP contribution < -0.4 is 0 Å². The van der Waals surface area contributed by atoms with Crippen LogP contribution in [0.25, 0.3) is 11.3 Å². The zero-order valence-electron chi connectivity index (χ0n) is 11.5. The lowest BCUT2D eigenvalue weighted by Crippen LogP contribution is -2.37. The Labute approximate surface area is 123 Å². The van der Waals surface area contributed by atoms with Crippen LogP contribution in [-0.4, -0.2) is 32.8 Å². The molecule has 0 fully saturated rings. The maximum absolute atomic E-state index is 13.4. The molecule has 1 amide bonds. The quantitative estimate of drug-likeness (QED) is 0.795. The number of benzene rings is 1. The van der Waals surface area contributed by atoms with Crippen molar-refractivity contribution >= 4 is 6.09 Å². The van der Waals surface area contributed by atoms with Gasteiger partial charge in [-0.05, 0) is 25.5 Å². The minimum atomic E-state index is -1.53. The molecule has 8 heteroatoms. The molecule has 0 saturated carbocycles. The lowest BCUT2D eigenvalue weighted by Gasteiger charge is -2.30. The lowest BCUT2D eigenvalue weighted by molar-refractivity contribution is 0.123. The lowest BCUT2D eigenvalue weighted by atomic mass is 9.96. The number of fused-ring (bicyclic) bond motifs is 1. The summed E-state index contributed by atoms with van der Waals surface area (Å²) < 4.78 is 39.8. The van der Waals surface area contributed by atoms with Crippen molar-refractivity contribution in [3.05, 3.63) is 40.8 Å². The largest absolute Gasteiger partial charge is 0.465 e. The van der Waals surface area contributed by atoms with Gasteiger partial charge in [-0.3, -0.25) is 10.00 Å². The molecule has 2 aromatic rings. The van der Waals surface area contributed by atoms with Crippen LogP contribution >= 0.6 is 0 Å². The molecule has 22 heavy (non-hydrogen) atoms. The summed E-state index contributed by atoms with van der Waals surface area (Å²) in [4.78, 5) is 12.4. The number of amides is 1. The van der Waals surface area contributed by atoms with E-state index in [-0.39, 0.29) is 12.1 Å². The molecular formula is C14H12F3N3O2. The van der Waals surface area contributed by atoms with Crippen LogP contribution in [-0.2, 0) is 6.42 Å². The number of halogens is 3. The van der Waals surface area contributed by atoms with Crippen molar-refractivity contribution in [2.45, 2.75) is 19.4 Å². The summed E-state index contributed by atoms with van der Waals surface area (Å²) in [7, 11) is 0. The van der Waals surface area contributed by atoms with Crippen molar-refractivity contribution in [1.29, 1.82) is 0 Å². The van der Waals surface area contributed by atoms with E-state index in [2.05, 4.69) is 10.2 Å². The van der Waals surface area contributed by atoms with Crippen LogP contribution in [0.2, 0.25) is 0 Å². The Morgan fingerprint density at radius 3 is 2.59 bits per heavy atom. The van der Waals surface area contributed by atoms with E-state index < -0.39 is 29.6 Å². The smallest absolute Gasteiger partial charge is 0.407 e. The average molecular weight is 311 g/mol. The van der Waals surface area contributed by atoms with Crippen LogP contribution in [0, 0.1) is 17.5 Å². The maximum atomic E-state index is 13.4. The van der Waals surface area contributed by atoms with E-state index in [0.29, 0.717) is 23.4 Å². The fourth-order valence-corrected chi connectivity index (χ4v) is 2.75. The Morgan fingerprint density at radius 1 is 1.36 bits per heavy atom. The predicted molar refractivity (Wildman–Crippen MR) is 70.7 cm³/mol. The third-order valence-corrected chi connectivity index (χ3v) is 3.89. The number of aromatic nitrogens is 2. The predicted octanol–water partition coefficient (Wildman–Crippen LogP) is 3.09. The van der Waals surface area contributed by atoms with Crippen molar-refractivity contribution in [1.82, 2.24) is 15.1 Å². The summed E-state index contributed by atoms with van der Waals surface area (Å²) in [6.07, 6.45) is -0.688. The molecule has 116 valence electrons. The monoisotopic (exact) mass is 311 g/mol. The van der Waals surface area contributed by atoms with Gasteiger partial charge in [-0.25, -0.2) is 18.0 Å². The summed E-state index contributed by atoms with van der Waals surface area (Å²) in [6.45, 7) is 1.95. The first kappa shape index (κ1) is 14.4. The van der Waals surface area contributed by atoms with Crippen molar-refractivity contribution in [2.75, 3.05) is 6.54 Å². The number of hydrogen-bond acceptors (Lipinski definition) is 2. The molecule has 1 atom stereocenters. The second-order valence-corrected chi connectivity index (χ2v) is 5.12. The molecule has 0 spiro atoms. The second kappa shape index (κ2) is 5.04. The van der Waals surface area contributed by atoms with E-state index in [1.165, 1.54) is 4.90 Å². The molecule has 1 unspecified atom stereocenters. The van der Waals surface area contributed by atoms with Crippen molar-refractivity contribution in [3.8, 4) is 11.3 Å². The Kier molecular flexibility index (Phi) is 3.31. The van der Waals surface area contributed by atoms with Gasteiger partial charge >= 0.3 is 6.09 Å². The minimum absolute atomic E-state index is 0.116. The molecule has 2 N–H and O–H groups in total. The van der Waals surface area contributed by atoms with E-state index in [0.717, 1.165) is 12.1 Å². The van der Waals surface area contributed by atoms with Gasteiger partial charge in [-0.2, -0.15) is 5.10 Å². The molecule has 0 saturated heterocycles. The summed E-state index contributed by atoms with van der Waals surface area (Å²) in [5, 5.41) is 15.9. The Hall–Kier alpha value is -2.51. The first-order valence-corrected chi connectivity index (χ1v) is 6.61. The molecule has 0 bridgehead atoms. The molecule has 5 nitrogen and oxygen atoms in total. The third kappa shape index (κ3) is 2.11. The number of carboxylic acid groups (broad SMARTS) is 1. The number of nitrogens with one attached hydrogen (secondary N) is 1. The molecule has 1 aliphatic heterocycles. The second-order valence-electron chi connectivity index (χ2n) is 5.12. The van der Waals surface area contributed by atoms with Crippen molar-refractivity contribution < 1.29 is 23.1 Å². The van der Waals surface area contributed by atoms with E-state index in [1.807, 2.05) is 0 Å². The first-order chi connectivity index (χ1) is 10.4. The van der Waals surface area contributed by atoms with E-state index in [9.17, 15) is 18.0 Å².